The van der Waals surface area contributed by atoms with Gasteiger partial charge < -0.3 is 4.57 Å². The minimum Gasteiger partial charge on any atom is -0.335 e. The molecule has 4 nitrogen and oxygen atoms in total. The lowest BCUT2D eigenvalue weighted by Crippen LogP contribution is -2.12. The topological polar surface area (TPSA) is 47.8 Å². The van der Waals surface area contributed by atoms with Gasteiger partial charge in [0, 0.05) is 37.3 Å². The van der Waals surface area contributed by atoms with Gasteiger partial charge in [-0.05, 0) is 18.6 Å². The first-order valence-electron chi connectivity index (χ1n) is 6.21. The number of aryl methyl sites for hydroxylation is 1. The minimum absolute atomic E-state index is 0.150. The molecule has 0 aliphatic rings. The number of hydrogen-bond donors (Lipinski definition) is 0. The number of rotatable bonds is 6. The molecule has 18 heavy (non-hydrogen) atoms. The fourth-order valence-electron chi connectivity index (χ4n) is 1.90. The molecule has 0 aromatic carbocycles. The Morgan fingerprint density at radius 2 is 2.11 bits per heavy atom. The van der Waals surface area contributed by atoms with Gasteiger partial charge in [0.1, 0.15) is 11.6 Å². The summed E-state index contributed by atoms with van der Waals surface area (Å²) in [5.41, 5.74) is 0.816. The lowest BCUT2D eigenvalue weighted by atomic mass is 10.1. The van der Waals surface area contributed by atoms with Crippen LogP contribution >= 0.6 is 0 Å². The third-order valence-corrected chi connectivity index (χ3v) is 2.73. The zero-order valence-corrected chi connectivity index (χ0v) is 10.5. The van der Waals surface area contributed by atoms with Crippen molar-refractivity contribution >= 4 is 5.78 Å². The maximum atomic E-state index is 11.9. The van der Waals surface area contributed by atoms with E-state index in [4.69, 9.17) is 0 Å². The number of imidazole rings is 1. The smallest absolute Gasteiger partial charge is 0.146 e. The van der Waals surface area contributed by atoms with Crippen molar-refractivity contribution in [2.45, 2.75) is 32.7 Å². The molecule has 94 valence electrons. The van der Waals surface area contributed by atoms with Crippen LogP contribution in [-0.4, -0.2) is 20.3 Å². The van der Waals surface area contributed by atoms with E-state index in [1.165, 1.54) is 0 Å². The van der Waals surface area contributed by atoms with E-state index in [2.05, 4.69) is 16.9 Å². The van der Waals surface area contributed by atoms with Crippen molar-refractivity contribution < 1.29 is 4.79 Å². The maximum absolute atomic E-state index is 11.9. The minimum atomic E-state index is 0.150. The van der Waals surface area contributed by atoms with E-state index in [9.17, 15) is 4.79 Å². The van der Waals surface area contributed by atoms with Crippen molar-refractivity contribution in [3.05, 3.63) is 48.3 Å². The Hall–Kier alpha value is -1.97. The maximum Gasteiger partial charge on any atom is 0.146 e. The molecule has 0 saturated heterocycles. The molecule has 0 saturated carbocycles. The summed E-state index contributed by atoms with van der Waals surface area (Å²) in [5.74, 6) is 0.995. The molecule has 0 unspecified atom stereocenters. The van der Waals surface area contributed by atoms with Gasteiger partial charge in [-0.3, -0.25) is 9.78 Å². The van der Waals surface area contributed by atoms with E-state index in [1.54, 1.807) is 12.4 Å². The molecule has 0 spiro atoms. The number of carbonyl (C=O) groups is 1. The lowest BCUT2D eigenvalue weighted by Gasteiger charge is -2.05. The molecule has 0 radical (unpaired) electrons. The molecule has 2 aromatic rings. The number of nitrogens with zero attached hydrogens (tertiary/aromatic N) is 3. The van der Waals surface area contributed by atoms with Crippen LogP contribution in [0.3, 0.4) is 0 Å². The fourth-order valence-corrected chi connectivity index (χ4v) is 1.90. The molecule has 4 heteroatoms. The van der Waals surface area contributed by atoms with E-state index < -0.39 is 0 Å². The Morgan fingerprint density at radius 3 is 2.83 bits per heavy atom. The van der Waals surface area contributed by atoms with Crippen LogP contribution in [0.15, 0.2) is 36.8 Å². The van der Waals surface area contributed by atoms with Crippen LogP contribution in [0, 0.1) is 0 Å². The van der Waals surface area contributed by atoms with Crippen molar-refractivity contribution in [1.29, 1.82) is 0 Å². The van der Waals surface area contributed by atoms with Gasteiger partial charge in [-0.1, -0.05) is 13.0 Å². The average Bonchev–Trinajstić information content (AvgIpc) is 2.78. The van der Waals surface area contributed by atoms with Crippen molar-refractivity contribution in [3.8, 4) is 0 Å². The zero-order valence-electron chi connectivity index (χ0n) is 10.5. The second-order valence-corrected chi connectivity index (χ2v) is 4.25. The number of hydrogen-bond acceptors (Lipinski definition) is 3. The number of carbonyl (C=O) groups excluding carboxylic acids is 1. The van der Waals surface area contributed by atoms with E-state index in [1.807, 2.05) is 29.0 Å². The highest BCUT2D eigenvalue weighted by molar-refractivity contribution is 5.82. The van der Waals surface area contributed by atoms with Crippen LogP contribution in [-0.2, 0) is 24.2 Å². The summed E-state index contributed by atoms with van der Waals surface area (Å²) in [6.45, 7) is 3.02. The third-order valence-electron chi connectivity index (χ3n) is 2.73. The Bertz CT molecular complexity index is 505. The molecule has 0 bridgehead atoms. The van der Waals surface area contributed by atoms with Gasteiger partial charge in [0.05, 0.1) is 6.42 Å². The van der Waals surface area contributed by atoms with Crippen LogP contribution in [0.25, 0.3) is 0 Å². The first-order chi connectivity index (χ1) is 8.79. The number of aromatic nitrogens is 3. The number of ketones is 1. The zero-order chi connectivity index (χ0) is 12.8. The SMILES string of the molecule is CCCn1ccnc1CC(=O)Cc1ccccn1. The van der Waals surface area contributed by atoms with Gasteiger partial charge in [0.15, 0.2) is 0 Å². The van der Waals surface area contributed by atoms with Crippen LogP contribution in [0.5, 0.6) is 0 Å². The molecule has 2 heterocycles. The van der Waals surface area contributed by atoms with Crippen molar-refractivity contribution in [3.63, 3.8) is 0 Å². The quantitative estimate of drug-likeness (QED) is 0.780. The molecule has 0 fully saturated rings. The van der Waals surface area contributed by atoms with E-state index in [0.717, 1.165) is 24.5 Å². The van der Waals surface area contributed by atoms with Gasteiger partial charge in [0.2, 0.25) is 0 Å². The van der Waals surface area contributed by atoms with E-state index in [-0.39, 0.29) is 5.78 Å². The van der Waals surface area contributed by atoms with Crippen LogP contribution in [0.1, 0.15) is 24.9 Å². The van der Waals surface area contributed by atoms with Gasteiger partial charge in [-0.25, -0.2) is 4.98 Å². The second-order valence-electron chi connectivity index (χ2n) is 4.25. The first-order valence-corrected chi connectivity index (χ1v) is 6.21. The Balaban J connectivity index is 1.97. The summed E-state index contributed by atoms with van der Waals surface area (Å²) in [4.78, 5) is 20.3. The van der Waals surface area contributed by atoms with Crippen LogP contribution in [0.4, 0.5) is 0 Å². The summed E-state index contributed by atoms with van der Waals surface area (Å²) in [6, 6.07) is 5.62. The molecule has 0 amide bonds. The molecule has 2 aromatic heterocycles. The Morgan fingerprint density at radius 1 is 1.22 bits per heavy atom. The molecule has 2 rings (SSSR count). The summed E-state index contributed by atoms with van der Waals surface area (Å²) in [5, 5.41) is 0. The number of Topliss-reactive ketones (excluding diaryl/α,β-unsaturated/α-hetero) is 1. The fraction of sp³-hybridized carbons (Fsp3) is 0.357. The van der Waals surface area contributed by atoms with Crippen molar-refractivity contribution in [1.82, 2.24) is 14.5 Å². The predicted octanol–water partition coefficient (Wildman–Crippen LogP) is 2.04. The summed E-state index contributed by atoms with van der Waals surface area (Å²) in [7, 11) is 0. The normalized spacial score (nSPS) is 10.5. The number of pyridine rings is 1. The van der Waals surface area contributed by atoms with Crippen LogP contribution < -0.4 is 0 Å². The van der Waals surface area contributed by atoms with Gasteiger partial charge in [-0.2, -0.15) is 0 Å². The molecule has 0 aliphatic heterocycles. The highest BCUT2D eigenvalue weighted by atomic mass is 16.1. The molecular formula is C14H17N3O. The monoisotopic (exact) mass is 243 g/mol. The molecule has 0 aliphatic carbocycles. The highest BCUT2D eigenvalue weighted by Crippen LogP contribution is 2.04. The highest BCUT2D eigenvalue weighted by Gasteiger charge is 2.10. The average molecular weight is 243 g/mol. The Labute approximate surface area is 107 Å². The standard InChI is InChI=1S/C14H17N3O/c1-2-8-17-9-7-16-14(17)11-13(18)10-12-5-3-4-6-15-12/h3-7,9H,2,8,10-11H2,1H3. The molecule has 0 atom stereocenters. The molecule has 0 N–H and O–H groups in total. The van der Waals surface area contributed by atoms with E-state index >= 15 is 0 Å². The van der Waals surface area contributed by atoms with Gasteiger partial charge >= 0.3 is 0 Å². The second kappa shape index (κ2) is 6.10. The largest absolute Gasteiger partial charge is 0.335 e. The molecular weight excluding hydrogens is 226 g/mol. The third kappa shape index (κ3) is 3.26. The summed E-state index contributed by atoms with van der Waals surface area (Å²) in [6.07, 6.45) is 7.17. The van der Waals surface area contributed by atoms with E-state index in [0.29, 0.717) is 12.8 Å². The summed E-state index contributed by atoms with van der Waals surface area (Å²) >= 11 is 0. The van der Waals surface area contributed by atoms with Crippen molar-refractivity contribution in [2.24, 2.45) is 0 Å². The first kappa shape index (κ1) is 12.5. The summed E-state index contributed by atoms with van der Waals surface area (Å²) < 4.78 is 2.04. The van der Waals surface area contributed by atoms with Crippen LogP contribution in [0.2, 0.25) is 0 Å². The predicted molar refractivity (Wildman–Crippen MR) is 69.2 cm³/mol. The van der Waals surface area contributed by atoms with Gasteiger partial charge in [0.25, 0.3) is 0 Å². The lowest BCUT2D eigenvalue weighted by molar-refractivity contribution is -0.118. The van der Waals surface area contributed by atoms with Gasteiger partial charge in [-0.15, -0.1) is 0 Å². The Kier molecular flexibility index (Phi) is 4.23. The van der Waals surface area contributed by atoms with Crippen molar-refractivity contribution in [2.75, 3.05) is 0 Å².